The molecule has 156 valence electrons. The maximum atomic E-state index is 12.9. The van der Waals surface area contributed by atoms with Crippen LogP contribution in [-0.4, -0.2) is 53.8 Å². The summed E-state index contributed by atoms with van der Waals surface area (Å²) in [5, 5.41) is 0. The molecule has 2 aliphatic rings. The van der Waals surface area contributed by atoms with Crippen molar-refractivity contribution in [1.82, 2.24) is 9.88 Å². The Labute approximate surface area is 177 Å². The van der Waals surface area contributed by atoms with Crippen LogP contribution >= 0.6 is 0 Å². The van der Waals surface area contributed by atoms with Gasteiger partial charge in [-0.2, -0.15) is 0 Å². The Hall–Kier alpha value is -3.78. The number of fused-ring (bicyclic) bond motifs is 2. The molecule has 1 saturated heterocycles. The predicted octanol–water partition coefficient (Wildman–Crippen LogP) is 2.89. The van der Waals surface area contributed by atoms with Crippen LogP contribution in [-0.2, 0) is 9.53 Å². The van der Waals surface area contributed by atoms with Crippen molar-refractivity contribution in [2.45, 2.75) is 6.92 Å². The van der Waals surface area contributed by atoms with E-state index in [9.17, 15) is 14.4 Å². The van der Waals surface area contributed by atoms with Crippen molar-refractivity contribution >= 4 is 40.5 Å². The summed E-state index contributed by atoms with van der Waals surface area (Å²) in [6, 6.07) is 12.0. The number of Topliss-reactive ketones (excluding diaryl/α,β-unsaturated/α-hetero) is 1. The van der Waals surface area contributed by atoms with Gasteiger partial charge in [0, 0.05) is 31.6 Å². The Morgan fingerprint density at radius 3 is 2.65 bits per heavy atom. The van der Waals surface area contributed by atoms with E-state index in [2.05, 4.69) is 4.98 Å². The van der Waals surface area contributed by atoms with Crippen molar-refractivity contribution in [2.24, 2.45) is 0 Å². The largest absolute Gasteiger partial charge is 0.449 e. The van der Waals surface area contributed by atoms with Gasteiger partial charge in [-0.3, -0.25) is 19.3 Å². The fraction of sp³-hybridized carbons (Fsp3) is 0.217. The molecule has 0 radical (unpaired) electrons. The lowest BCUT2D eigenvalue weighted by molar-refractivity contribution is -0.116. The van der Waals surface area contributed by atoms with E-state index in [4.69, 9.17) is 9.15 Å². The van der Waals surface area contributed by atoms with Crippen molar-refractivity contribution in [2.75, 3.05) is 31.2 Å². The van der Waals surface area contributed by atoms with Crippen LogP contribution in [0.1, 0.15) is 33.5 Å². The molecule has 0 saturated carbocycles. The average Bonchev–Trinajstić information content (AvgIpc) is 3.33. The Balaban J connectivity index is 1.49. The van der Waals surface area contributed by atoms with Gasteiger partial charge in [0.15, 0.2) is 11.3 Å². The lowest BCUT2D eigenvalue weighted by Crippen LogP contribution is -2.40. The number of hydrogen-bond acceptors (Lipinski definition) is 6. The molecular formula is C23H19N3O5. The Morgan fingerprint density at radius 2 is 1.87 bits per heavy atom. The van der Waals surface area contributed by atoms with Gasteiger partial charge < -0.3 is 14.1 Å². The van der Waals surface area contributed by atoms with E-state index in [1.165, 1.54) is 11.8 Å². The lowest BCUT2D eigenvalue weighted by Gasteiger charge is -2.25. The number of carbonyl (C=O) groups is 3. The smallest absolute Gasteiger partial charge is 0.289 e. The fourth-order valence-corrected chi connectivity index (χ4v) is 3.89. The summed E-state index contributed by atoms with van der Waals surface area (Å²) in [5.74, 6) is -0.482. The SMILES string of the molecule is CC(=O)N1/C(=C\c2ccc3oc(C(=O)N4CCOCC4)cc3n2)C(=O)c2ccccc21. The molecule has 0 bridgehead atoms. The molecule has 0 atom stereocenters. The number of pyridine rings is 1. The van der Waals surface area contributed by atoms with E-state index in [0.29, 0.717) is 54.3 Å². The summed E-state index contributed by atoms with van der Waals surface area (Å²) in [6.07, 6.45) is 1.58. The van der Waals surface area contributed by atoms with Gasteiger partial charge in [-0.1, -0.05) is 12.1 Å². The maximum Gasteiger partial charge on any atom is 0.289 e. The zero-order valence-corrected chi connectivity index (χ0v) is 16.8. The van der Waals surface area contributed by atoms with Crippen molar-refractivity contribution in [3.63, 3.8) is 0 Å². The number of nitrogens with zero attached hydrogens (tertiary/aromatic N) is 3. The van der Waals surface area contributed by atoms with Crippen LogP contribution in [0.5, 0.6) is 0 Å². The van der Waals surface area contributed by atoms with Crippen LogP contribution in [0, 0.1) is 0 Å². The second-order valence-electron chi connectivity index (χ2n) is 7.36. The molecular weight excluding hydrogens is 398 g/mol. The molecule has 8 nitrogen and oxygen atoms in total. The number of morpholine rings is 1. The summed E-state index contributed by atoms with van der Waals surface area (Å²) < 4.78 is 11.0. The summed E-state index contributed by atoms with van der Waals surface area (Å²) in [7, 11) is 0. The van der Waals surface area contributed by atoms with Crippen LogP contribution < -0.4 is 4.90 Å². The minimum absolute atomic E-state index is 0.203. The molecule has 0 unspecified atom stereocenters. The number of anilines is 1. The zero-order chi connectivity index (χ0) is 21.5. The number of furan rings is 1. The first-order valence-corrected chi connectivity index (χ1v) is 9.96. The predicted molar refractivity (Wildman–Crippen MR) is 113 cm³/mol. The number of allylic oxidation sites excluding steroid dienone is 1. The van der Waals surface area contributed by atoms with Gasteiger partial charge in [0.05, 0.1) is 30.3 Å². The zero-order valence-electron chi connectivity index (χ0n) is 16.8. The van der Waals surface area contributed by atoms with E-state index < -0.39 is 0 Å². The normalized spacial score (nSPS) is 17.5. The molecule has 5 rings (SSSR count). The number of ketones is 1. The topological polar surface area (TPSA) is 93.0 Å². The summed E-state index contributed by atoms with van der Waals surface area (Å²) in [5.41, 5.74) is 2.75. The van der Waals surface area contributed by atoms with Crippen LogP contribution in [0.15, 0.2) is 52.6 Å². The molecule has 2 amide bonds. The van der Waals surface area contributed by atoms with Crippen molar-refractivity contribution in [3.05, 3.63) is 65.2 Å². The molecule has 1 aromatic carbocycles. The molecule has 4 heterocycles. The molecule has 2 aliphatic heterocycles. The number of amides is 2. The Morgan fingerprint density at radius 1 is 1.10 bits per heavy atom. The Kier molecular flexibility index (Phi) is 4.63. The van der Waals surface area contributed by atoms with Crippen LogP contribution in [0.25, 0.3) is 17.2 Å². The maximum absolute atomic E-state index is 12.9. The molecule has 3 aromatic rings. The van der Waals surface area contributed by atoms with Crippen molar-refractivity contribution in [1.29, 1.82) is 0 Å². The standard InChI is InChI=1S/C23H19N3O5/c1-14(27)26-18-5-3-2-4-16(18)22(28)19(26)12-15-6-7-20-17(24-15)13-21(31-20)23(29)25-8-10-30-11-9-25/h2-7,12-13H,8-11H2,1H3/b19-12-. The third kappa shape index (κ3) is 3.30. The third-order valence-electron chi connectivity index (χ3n) is 5.37. The number of aromatic nitrogens is 1. The van der Waals surface area contributed by atoms with Crippen LogP contribution in [0.4, 0.5) is 5.69 Å². The lowest BCUT2D eigenvalue weighted by atomic mass is 10.1. The van der Waals surface area contributed by atoms with Crippen molar-refractivity contribution < 1.29 is 23.5 Å². The first-order chi connectivity index (χ1) is 15.0. The number of rotatable bonds is 2. The Bertz CT molecular complexity index is 1250. The van der Waals surface area contributed by atoms with Crippen LogP contribution in [0.2, 0.25) is 0 Å². The monoisotopic (exact) mass is 417 g/mol. The minimum Gasteiger partial charge on any atom is -0.449 e. The van der Waals surface area contributed by atoms with Crippen molar-refractivity contribution in [3.8, 4) is 0 Å². The van der Waals surface area contributed by atoms with Crippen LogP contribution in [0.3, 0.4) is 0 Å². The summed E-state index contributed by atoms with van der Waals surface area (Å²) in [6.45, 7) is 3.46. The summed E-state index contributed by atoms with van der Waals surface area (Å²) in [4.78, 5) is 45.4. The van der Waals surface area contributed by atoms with E-state index in [-0.39, 0.29) is 29.1 Å². The molecule has 0 N–H and O–H groups in total. The first kappa shape index (κ1) is 19.2. The second kappa shape index (κ2) is 7.48. The van der Waals surface area contributed by atoms with E-state index in [0.717, 1.165) is 0 Å². The molecule has 1 fully saturated rings. The van der Waals surface area contributed by atoms with Gasteiger partial charge in [0.25, 0.3) is 5.91 Å². The second-order valence-corrected chi connectivity index (χ2v) is 7.36. The number of hydrogen-bond donors (Lipinski definition) is 0. The van der Waals surface area contributed by atoms with Gasteiger partial charge >= 0.3 is 0 Å². The fourth-order valence-electron chi connectivity index (χ4n) is 3.89. The van der Waals surface area contributed by atoms with E-state index >= 15 is 0 Å². The van der Waals surface area contributed by atoms with E-state index in [1.807, 2.05) is 0 Å². The number of carbonyl (C=O) groups excluding carboxylic acids is 3. The third-order valence-corrected chi connectivity index (χ3v) is 5.37. The minimum atomic E-state index is -0.257. The molecule has 2 aromatic heterocycles. The molecule has 8 heteroatoms. The first-order valence-electron chi connectivity index (χ1n) is 9.96. The molecule has 0 spiro atoms. The highest BCUT2D eigenvalue weighted by molar-refractivity contribution is 6.26. The highest BCUT2D eigenvalue weighted by atomic mass is 16.5. The van der Waals surface area contributed by atoms with E-state index in [1.54, 1.807) is 53.4 Å². The number of para-hydroxylation sites is 1. The quantitative estimate of drug-likeness (QED) is 0.596. The summed E-state index contributed by atoms with van der Waals surface area (Å²) >= 11 is 0. The number of ether oxygens (including phenoxy) is 1. The highest BCUT2D eigenvalue weighted by Gasteiger charge is 2.34. The van der Waals surface area contributed by atoms with Gasteiger partial charge in [-0.05, 0) is 30.3 Å². The van der Waals surface area contributed by atoms with Gasteiger partial charge in [-0.25, -0.2) is 4.98 Å². The number of benzene rings is 1. The van der Waals surface area contributed by atoms with Gasteiger partial charge in [0.1, 0.15) is 5.52 Å². The molecule has 0 aliphatic carbocycles. The molecule has 31 heavy (non-hydrogen) atoms. The van der Waals surface area contributed by atoms with Gasteiger partial charge in [-0.15, -0.1) is 0 Å². The highest BCUT2D eigenvalue weighted by Crippen LogP contribution is 2.35. The van der Waals surface area contributed by atoms with Gasteiger partial charge in [0.2, 0.25) is 11.7 Å². The average molecular weight is 417 g/mol.